The Morgan fingerprint density at radius 2 is 1.89 bits per heavy atom. The fourth-order valence-electron chi connectivity index (χ4n) is 3.37. The summed E-state index contributed by atoms with van der Waals surface area (Å²) < 4.78 is 57.2. The van der Waals surface area contributed by atoms with Crippen molar-refractivity contribution in [1.82, 2.24) is 0 Å². The zero-order valence-corrected chi connectivity index (χ0v) is 15.9. The summed E-state index contributed by atoms with van der Waals surface area (Å²) in [5.74, 6) is 0. The Bertz CT molecular complexity index is 795. The summed E-state index contributed by atoms with van der Waals surface area (Å²) >= 11 is 0. The molecule has 0 bridgehead atoms. The van der Waals surface area contributed by atoms with Gasteiger partial charge in [0.05, 0.1) is 12.9 Å². The number of nitrogens with zero attached hydrogens (tertiary/aromatic N) is 1. The van der Waals surface area contributed by atoms with Crippen molar-refractivity contribution in [1.29, 1.82) is 5.26 Å². The molecule has 2 aliphatic heterocycles. The van der Waals surface area contributed by atoms with Crippen molar-refractivity contribution in [3.8, 4) is 6.07 Å². The van der Waals surface area contributed by atoms with Gasteiger partial charge in [-0.25, -0.2) is 4.18 Å². The van der Waals surface area contributed by atoms with E-state index >= 15 is 0 Å². The van der Waals surface area contributed by atoms with E-state index in [4.69, 9.17) is 27.9 Å². The third-order valence-electron chi connectivity index (χ3n) is 4.44. The summed E-state index contributed by atoms with van der Waals surface area (Å²) in [6.45, 7) is 0.0527. The largest absolute Gasteiger partial charge is 0.372 e. The highest BCUT2D eigenvalue weighted by molar-refractivity contribution is 7.86. The Labute approximate surface area is 157 Å². The highest BCUT2D eigenvalue weighted by atomic mass is 32.2. The molecule has 3 rings (SSSR count). The summed E-state index contributed by atoms with van der Waals surface area (Å²) in [7, 11) is -1.37. The van der Waals surface area contributed by atoms with Crippen molar-refractivity contribution >= 4 is 10.1 Å². The Kier molecular flexibility index (Phi) is 5.83. The minimum Gasteiger partial charge on any atom is -0.372 e. The summed E-state index contributed by atoms with van der Waals surface area (Å²) in [6, 6.07) is 11.0. The van der Waals surface area contributed by atoms with E-state index in [9.17, 15) is 13.7 Å². The van der Waals surface area contributed by atoms with Gasteiger partial charge in [0.2, 0.25) is 5.60 Å². The van der Waals surface area contributed by atoms with E-state index < -0.39 is 46.6 Å². The molecule has 2 saturated heterocycles. The maximum Gasteiger partial charge on any atom is 0.266 e. The van der Waals surface area contributed by atoms with Crippen LogP contribution in [0.4, 0.5) is 0 Å². The number of rotatable bonds is 5. The van der Waals surface area contributed by atoms with Crippen LogP contribution in [0.1, 0.15) is 11.9 Å². The van der Waals surface area contributed by atoms with Gasteiger partial charge in [-0.3, -0.25) is 0 Å². The van der Waals surface area contributed by atoms with Crippen LogP contribution in [0.2, 0.25) is 0 Å². The maximum atomic E-state index is 11.9. The third kappa shape index (κ3) is 3.86. The van der Waals surface area contributed by atoms with Crippen LogP contribution in [0.3, 0.4) is 0 Å². The summed E-state index contributed by atoms with van der Waals surface area (Å²) in [5.41, 5.74) is -1.30. The van der Waals surface area contributed by atoms with Crippen molar-refractivity contribution in [2.75, 3.05) is 27.1 Å². The molecule has 2 heterocycles. The van der Waals surface area contributed by atoms with Crippen molar-refractivity contribution in [2.45, 2.75) is 36.5 Å². The average molecular weight is 399 g/mol. The fraction of sp³-hybridized carbons (Fsp3) is 0.588. The second kappa shape index (κ2) is 7.81. The Morgan fingerprint density at radius 1 is 1.19 bits per heavy atom. The number of fused-ring (bicyclic) bond motifs is 1. The third-order valence-corrected chi connectivity index (χ3v) is 5.02. The first-order valence-electron chi connectivity index (χ1n) is 8.19. The molecule has 0 saturated carbocycles. The molecule has 1 aromatic rings. The van der Waals surface area contributed by atoms with Crippen molar-refractivity contribution in [3.63, 3.8) is 0 Å². The second-order valence-electron chi connectivity index (χ2n) is 6.26. The van der Waals surface area contributed by atoms with Gasteiger partial charge in [-0.1, -0.05) is 30.3 Å². The van der Waals surface area contributed by atoms with Crippen molar-refractivity contribution in [3.05, 3.63) is 35.9 Å². The average Bonchev–Trinajstić information content (AvgIpc) is 2.66. The molecule has 0 N–H and O–H groups in total. The normalized spacial score (nSPS) is 36.6. The van der Waals surface area contributed by atoms with Gasteiger partial charge in [-0.05, 0) is 0 Å². The molecule has 0 amide bonds. The molecule has 6 atom stereocenters. The standard InChI is InChI=1S/C17H21NO8S/c1-21-14-16(22-2)24-12-9-23-15(11-7-5-4-6-8-11)25-13(12)17(14,10-18)26-27(3,19)20/h4-8,12-16H,9H2,1-3H3/t12?,13?,14-,15+,16-,17?/m0/s1. The minimum atomic E-state index is -4.04. The highest BCUT2D eigenvalue weighted by Gasteiger charge is 2.63. The van der Waals surface area contributed by atoms with E-state index in [-0.39, 0.29) is 6.61 Å². The molecule has 27 heavy (non-hydrogen) atoms. The van der Waals surface area contributed by atoms with Crippen LogP contribution in [0.15, 0.2) is 30.3 Å². The molecule has 148 valence electrons. The van der Waals surface area contributed by atoms with Gasteiger partial charge in [-0.15, -0.1) is 0 Å². The quantitative estimate of drug-likeness (QED) is 0.661. The predicted octanol–water partition coefficient (Wildman–Crippen LogP) is 0.725. The Morgan fingerprint density at radius 3 is 2.44 bits per heavy atom. The van der Waals surface area contributed by atoms with E-state index in [2.05, 4.69) is 0 Å². The number of benzene rings is 1. The maximum absolute atomic E-state index is 11.9. The molecule has 0 aromatic heterocycles. The predicted molar refractivity (Wildman–Crippen MR) is 90.7 cm³/mol. The van der Waals surface area contributed by atoms with E-state index in [1.807, 2.05) is 24.3 Å². The van der Waals surface area contributed by atoms with Crippen LogP contribution in [0, 0.1) is 11.3 Å². The molecule has 1 aromatic carbocycles. The summed E-state index contributed by atoms with van der Waals surface area (Å²) in [6.07, 6.45) is -4.05. The van der Waals surface area contributed by atoms with Crippen LogP contribution in [-0.2, 0) is 38.0 Å². The SMILES string of the molecule is CO[C@H]1OC2CO[C@@H](c3ccccc3)OC2C(C#N)(OS(C)(=O)=O)[C@H]1OC. The first-order chi connectivity index (χ1) is 12.8. The molecular weight excluding hydrogens is 378 g/mol. The van der Waals surface area contributed by atoms with Crippen LogP contribution in [0.5, 0.6) is 0 Å². The topological polar surface area (TPSA) is 113 Å². The first kappa shape index (κ1) is 20.2. The zero-order valence-electron chi connectivity index (χ0n) is 15.1. The van der Waals surface area contributed by atoms with Crippen LogP contribution >= 0.6 is 0 Å². The number of hydrogen-bond donors (Lipinski definition) is 0. The van der Waals surface area contributed by atoms with Gasteiger partial charge in [0.1, 0.15) is 18.3 Å². The smallest absolute Gasteiger partial charge is 0.266 e. The van der Waals surface area contributed by atoms with Gasteiger partial charge < -0.3 is 23.7 Å². The summed E-state index contributed by atoms with van der Waals surface area (Å²) in [4.78, 5) is 0. The molecule has 3 unspecified atom stereocenters. The van der Waals surface area contributed by atoms with Crippen LogP contribution in [-0.4, -0.2) is 65.7 Å². The van der Waals surface area contributed by atoms with Crippen molar-refractivity contribution < 1.29 is 36.3 Å². The lowest BCUT2D eigenvalue weighted by Crippen LogP contribution is -2.70. The van der Waals surface area contributed by atoms with Gasteiger partial charge in [0.15, 0.2) is 18.7 Å². The molecule has 0 aliphatic carbocycles. The molecule has 2 aliphatic rings. The van der Waals surface area contributed by atoms with Gasteiger partial charge >= 0.3 is 0 Å². The van der Waals surface area contributed by atoms with Gasteiger partial charge in [0, 0.05) is 19.8 Å². The highest BCUT2D eigenvalue weighted by Crippen LogP contribution is 2.42. The van der Waals surface area contributed by atoms with Gasteiger partial charge in [-0.2, -0.15) is 13.7 Å². The number of nitriles is 1. The zero-order chi connectivity index (χ0) is 19.7. The van der Waals surface area contributed by atoms with E-state index in [1.54, 1.807) is 12.1 Å². The Balaban J connectivity index is 2.02. The number of ether oxygens (including phenoxy) is 5. The lowest BCUT2D eigenvalue weighted by Gasteiger charge is -2.51. The molecular formula is C17H21NO8S. The lowest BCUT2D eigenvalue weighted by molar-refractivity contribution is -0.370. The molecule has 2 fully saturated rings. The van der Waals surface area contributed by atoms with Crippen LogP contribution in [0.25, 0.3) is 0 Å². The molecule has 0 spiro atoms. The fourth-order valence-corrected chi connectivity index (χ4v) is 4.09. The van der Waals surface area contributed by atoms with Crippen molar-refractivity contribution in [2.24, 2.45) is 0 Å². The van der Waals surface area contributed by atoms with Crippen LogP contribution < -0.4 is 0 Å². The minimum absolute atomic E-state index is 0.0527. The number of methoxy groups -OCH3 is 2. The monoisotopic (exact) mass is 399 g/mol. The summed E-state index contributed by atoms with van der Waals surface area (Å²) in [5, 5.41) is 9.96. The first-order valence-corrected chi connectivity index (χ1v) is 10.0. The van der Waals surface area contributed by atoms with E-state index in [0.29, 0.717) is 5.56 Å². The second-order valence-corrected chi connectivity index (χ2v) is 7.83. The lowest BCUT2D eigenvalue weighted by atomic mass is 9.84. The number of hydrogen-bond acceptors (Lipinski definition) is 9. The van der Waals surface area contributed by atoms with E-state index in [1.165, 1.54) is 14.2 Å². The molecule has 10 heteroatoms. The molecule has 9 nitrogen and oxygen atoms in total. The Hall–Kier alpha value is -1.58. The van der Waals surface area contributed by atoms with E-state index in [0.717, 1.165) is 6.26 Å². The van der Waals surface area contributed by atoms with Gasteiger partial charge in [0.25, 0.3) is 10.1 Å². The molecule has 0 radical (unpaired) electrons.